The van der Waals surface area contributed by atoms with Gasteiger partial charge in [-0.2, -0.15) is 5.26 Å². The van der Waals surface area contributed by atoms with Gasteiger partial charge in [0.15, 0.2) is 0 Å². The van der Waals surface area contributed by atoms with Gasteiger partial charge < -0.3 is 10.6 Å². The lowest BCUT2D eigenvalue weighted by molar-refractivity contribution is 0.907. The zero-order chi connectivity index (χ0) is 11.5. The van der Waals surface area contributed by atoms with Gasteiger partial charge in [-0.15, -0.1) is 11.3 Å². The van der Waals surface area contributed by atoms with Crippen molar-refractivity contribution in [3.05, 3.63) is 17.6 Å². The molecule has 0 aliphatic heterocycles. The Bertz CT molecular complexity index is 540. The van der Waals surface area contributed by atoms with Crippen molar-refractivity contribution < 1.29 is 0 Å². The Balaban J connectivity index is 2.37. The highest BCUT2D eigenvalue weighted by atomic mass is 32.1. The van der Waals surface area contributed by atoms with Gasteiger partial charge in [0.05, 0.1) is 34.1 Å². The van der Waals surface area contributed by atoms with Crippen LogP contribution in [0, 0.1) is 11.3 Å². The summed E-state index contributed by atoms with van der Waals surface area (Å²) in [6, 6.07) is 6.12. The molecule has 0 radical (unpaired) electrons. The lowest BCUT2D eigenvalue weighted by Crippen LogP contribution is -2.19. The molecule has 1 heterocycles. The average molecular weight is 232 g/mol. The van der Waals surface area contributed by atoms with Crippen molar-refractivity contribution in [3.63, 3.8) is 0 Å². The van der Waals surface area contributed by atoms with Crippen LogP contribution in [0.1, 0.15) is 6.42 Å². The number of hydrogen-bond donors (Lipinski definition) is 1. The highest BCUT2D eigenvalue weighted by molar-refractivity contribution is 7.16. The minimum Gasteiger partial charge on any atom is -0.395 e. The number of anilines is 2. The second-order valence-electron chi connectivity index (χ2n) is 3.53. The van der Waals surface area contributed by atoms with Crippen molar-refractivity contribution in [2.45, 2.75) is 6.42 Å². The number of nitrogen functional groups attached to an aromatic ring is 1. The number of aromatic nitrogens is 1. The van der Waals surface area contributed by atoms with E-state index in [0.29, 0.717) is 18.7 Å². The topological polar surface area (TPSA) is 65.9 Å². The van der Waals surface area contributed by atoms with Crippen LogP contribution in [0.5, 0.6) is 0 Å². The molecule has 0 amide bonds. The molecule has 0 fully saturated rings. The maximum Gasteiger partial charge on any atom is 0.106 e. The number of hydrogen-bond acceptors (Lipinski definition) is 5. The first-order valence-electron chi connectivity index (χ1n) is 4.94. The fraction of sp³-hybridized carbons (Fsp3) is 0.273. The number of nitrogens with two attached hydrogens (primary N) is 1. The van der Waals surface area contributed by atoms with Gasteiger partial charge in [0, 0.05) is 13.6 Å². The van der Waals surface area contributed by atoms with Gasteiger partial charge in [-0.05, 0) is 12.1 Å². The Morgan fingerprint density at radius 1 is 1.56 bits per heavy atom. The Labute approximate surface area is 97.9 Å². The molecule has 0 aliphatic rings. The van der Waals surface area contributed by atoms with Crippen LogP contribution in [0.4, 0.5) is 11.4 Å². The molecular formula is C11H12N4S. The molecule has 0 aliphatic carbocycles. The number of benzene rings is 1. The lowest BCUT2D eigenvalue weighted by atomic mass is 10.2. The van der Waals surface area contributed by atoms with Gasteiger partial charge >= 0.3 is 0 Å². The van der Waals surface area contributed by atoms with E-state index in [-0.39, 0.29) is 0 Å². The third-order valence-electron chi connectivity index (χ3n) is 2.49. The molecule has 0 spiro atoms. The molecule has 1 aromatic carbocycles. The summed E-state index contributed by atoms with van der Waals surface area (Å²) in [5.41, 5.74) is 10.3. The van der Waals surface area contributed by atoms with E-state index in [2.05, 4.69) is 11.1 Å². The summed E-state index contributed by atoms with van der Waals surface area (Å²) in [7, 11) is 1.93. The summed E-state index contributed by atoms with van der Waals surface area (Å²) in [5.74, 6) is 0. The van der Waals surface area contributed by atoms with Gasteiger partial charge in [-0.3, -0.25) is 0 Å². The van der Waals surface area contributed by atoms with Crippen LogP contribution in [-0.4, -0.2) is 18.6 Å². The van der Waals surface area contributed by atoms with Gasteiger partial charge in [0.2, 0.25) is 0 Å². The van der Waals surface area contributed by atoms with Crippen molar-refractivity contribution in [3.8, 4) is 6.07 Å². The van der Waals surface area contributed by atoms with Crippen LogP contribution < -0.4 is 10.6 Å². The molecule has 2 rings (SSSR count). The van der Waals surface area contributed by atoms with E-state index in [0.717, 1.165) is 15.9 Å². The molecule has 0 atom stereocenters. The Hall–Kier alpha value is -1.80. The number of rotatable bonds is 3. The number of thiazole rings is 1. The number of nitrogens with zero attached hydrogens (tertiary/aromatic N) is 3. The van der Waals surface area contributed by atoms with Crippen LogP contribution in [0.3, 0.4) is 0 Å². The summed E-state index contributed by atoms with van der Waals surface area (Å²) in [6.07, 6.45) is 0.491. The zero-order valence-corrected chi connectivity index (χ0v) is 9.79. The third kappa shape index (κ3) is 1.79. The molecule has 2 aromatic rings. The monoisotopic (exact) mass is 232 g/mol. The van der Waals surface area contributed by atoms with Crippen molar-refractivity contribution >= 4 is 32.9 Å². The molecule has 4 nitrogen and oxygen atoms in total. The normalized spacial score (nSPS) is 10.2. The van der Waals surface area contributed by atoms with Crippen molar-refractivity contribution in [1.82, 2.24) is 4.98 Å². The smallest absolute Gasteiger partial charge is 0.106 e. The van der Waals surface area contributed by atoms with E-state index in [1.54, 1.807) is 16.8 Å². The first kappa shape index (κ1) is 10.7. The molecule has 1 aromatic heterocycles. The Kier molecular flexibility index (Phi) is 2.93. The molecule has 0 unspecified atom stereocenters. The highest BCUT2D eigenvalue weighted by Gasteiger charge is 2.09. The fourth-order valence-electron chi connectivity index (χ4n) is 1.61. The summed E-state index contributed by atoms with van der Waals surface area (Å²) in [6.45, 7) is 0.677. The van der Waals surface area contributed by atoms with E-state index in [9.17, 15) is 0 Å². The summed E-state index contributed by atoms with van der Waals surface area (Å²) >= 11 is 1.58. The maximum atomic E-state index is 8.55. The van der Waals surface area contributed by atoms with Crippen LogP contribution in [-0.2, 0) is 0 Å². The van der Waals surface area contributed by atoms with E-state index >= 15 is 0 Å². The quantitative estimate of drug-likeness (QED) is 0.824. The molecule has 0 saturated heterocycles. The first-order chi connectivity index (χ1) is 7.74. The summed E-state index contributed by atoms with van der Waals surface area (Å²) < 4.78 is 1.09. The molecule has 2 N–H and O–H groups in total. The van der Waals surface area contributed by atoms with E-state index < -0.39 is 0 Å². The number of fused-ring (bicyclic) bond motifs is 1. The van der Waals surface area contributed by atoms with Crippen LogP contribution in [0.15, 0.2) is 17.6 Å². The number of nitriles is 1. The predicted molar refractivity (Wildman–Crippen MR) is 67.5 cm³/mol. The van der Waals surface area contributed by atoms with Crippen LogP contribution in [0.2, 0.25) is 0 Å². The molecule has 0 bridgehead atoms. The van der Waals surface area contributed by atoms with E-state index in [1.807, 2.05) is 24.1 Å². The Morgan fingerprint density at radius 2 is 2.38 bits per heavy atom. The van der Waals surface area contributed by atoms with E-state index in [4.69, 9.17) is 11.0 Å². The van der Waals surface area contributed by atoms with Crippen molar-refractivity contribution in [2.24, 2.45) is 0 Å². The second kappa shape index (κ2) is 4.37. The molecule has 5 heteroatoms. The second-order valence-corrected chi connectivity index (χ2v) is 4.41. The van der Waals surface area contributed by atoms with Crippen LogP contribution in [0.25, 0.3) is 10.2 Å². The fourth-order valence-corrected chi connectivity index (χ4v) is 2.31. The third-order valence-corrected chi connectivity index (χ3v) is 3.28. The maximum absolute atomic E-state index is 8.55. The molecule has 82 valence electrons. The van der Waals surface area contributed by atoms with Crippen molar-refractivity contribution in [2.75, 3.05) is 24.2 Å². The predicted octanol–water partition coefficient (Wildman–Crippen LogP) is 2.23. The minimum absolute atomic E-state index is 0.491. The summed E-state index contributed by atoms with van der Waals surface area (Å²) in [5, 5.41) is 8.55. The average Bonchev–Trinajstić information content (AvgIpc) is 2.75. The van der Waals surface area contributed by atoms with Gasteiger partial charge in [0.1, 0.15) is 5.52 Å². The van der Waals surface area contributed by atoms with Gasteiger partial charge in [0.25, 0.3) is 0 Å². The molecular weight excluding hydrogens is 220 g/mol. The van der Waals surface area contributed by atoms with E-state index in [1.165, 1.54) is 0 Å². The minimum atomic E-state index is 0.491. The molecule has 0 saturated carbocycles. The standard InChI is InChI=1S/C11H12N4S/c1-15(6-2-5-12)8-3-4-9-11(10(8)13)14-7-16-9/h3-4,7H,2,6,13H2,1H3. The highest BCUT2D eigenvalue weighted by Crippen LogP contribution is 2.31. The SMILES string of the molecule is CN(CCC#N)c1ccc2scnc2c1N. The Morgan fingerprint density at radius 3 is 3.12 bits per heavy atom. The van der Waals surface area contributed by atoms with Crippen LogP contribution >= 0.6 is 11.3 Å². The lowest BCUT2D eigenvalue weighted by Gasteiger charge is -2.19. The summed E-state index contributed by atoms with van der Waals surface area (Å²) in [4.78, 5) is 6.23. The van der Waals surface area contributed by atoms with Gasteiger partial charge in [-0.1, -0.05) is 0 Å². The molecule has 16 heavy (non-hydrogen) atoms. The van der Waals surface area contributed by atoms with Crippen molar-refractivity contribution in [1.29, 1.82) is 5.26 Å². The van der Waals surface area contributed by atoms with Gasteiger partial charge in [-0.25, -0.2) is 4.98 Å². The first-order valence-corrected chi connectivity index (χ1v) is 5.81. The zero-order valence-electron chi connectivity index (χ0n) is 8.97. The largest absolute Gasteiger partial charge is 0.395 e.